The molecular weight excluding hydrogens is 460 g/mol. The number of anilines is 1. The van der Waals surface area contributed by atoms with Crippen molar-refractivity contribution in [3.8, 4) is 11.8 Å². The smallest absolute Gasteiger partial charge is 0.247 e. The second kappa shape index (κ2) is 11.2. The Morgan fingerprint density at radius 1 is 1.00 bits per heavy atom. The summed E-state index contributed by atoms with van der Waals surface area (Å²) >= 11 is 0. The van der Waals surface area contributed by atoms with Gasteiger partial charge in [0.1, 0.15) is 11.9 Å². The van der Waals surface area contributed by atoms with Crippen LogP contribution in [0.1, 0.15) is 62.0 Å². The van der Waals surface area contributed by atoms with E-state index in [1.54, 1.807) is 18.6 Å². The normalized spacial score (nSPS) is 12.9. The molecule has 7 nitrogen and oxygen atoms in total. The van der Waals surface area contributed by atoms with E-state index in [9.17, 15) is 4.79 Å². The summed E-state index contributed by atoms with van der Waals surface area (Å²) in [6.07, 6.45) is 5.50. The molecule has 0 saturated carbocycles. The summed E-state index contributed by atoms with van der Waals surface area (Å²) < 4.78 is 1.93. The van der Waals surface area contributed by atoms with Gasteiger partial charge in [-0.3, -0.25) is 4.79 Å². The number of hydrogen-bond acceptors (Lipinski definition) is 5. The van der Waals surface area contributed by atoms with Gasteiger partial charge in [0.25, 0.3) is 0 Å². The van der Waals surface area contributed by atoms with E-state index in [4.69, 9.17) is 5.26 Å². The summed E-state index contributed by atoms with van der Waals surface area (Å²) in [5.41, 5.74) is 4.43. The Bertz CT molecular complexity index is 1360. The highest BCUT2D eigenvalue weighted by Gasteiger charge is 2.22. The second-order valence-electron chi connectivity index (χ2n) is 10.2. The largest absolute Gasteiger partial charge is 0.309 e. The summed E-state index contributed by atoms with van der Waals surface area (Å²) in [5, 5.41) is 15.4. The molecule has 0 aliphatic carbocycles. The minimum absolute atomic E-state index is 0.0381. The topological polar surface area (TPSA) is 95.6 Å². The van der Waals surface area contributed by atoms with Gasteiger partial charge >= 0.3 is 0 Å². The van der Waals surface area contributed by atoms with Crippen LogP contribution in [0.25, 0.3) is 5.69 Å². The van der Waals surface area contributed by atoms with Gasteiger partial charge in [0.05, 0.1) is 35.5 Å². The minimum Gasteiger partial charge on any atom is -0.309 e. The van der Waals surface area contributed by atoms with Gasteiger partial charge in [-0.15, -0.1) is 0 Å². The van der Waals surface area contributed by atoms with E-state index in [0.29, 0.717) is 17.9 Å². The number of imidazole rings is 1. The van der Waals surface area contributed by atoms with Gasteiger partial charge in [0, 0.05) is 18.2 Å². The lowest BCUT2D eigenvalue weighted by Crippen LogP contribution is -2.35. The zero-order valence-electron chi connectivity index (χ0n) is 21.6. The van der Waals surface area contributed by atoms with Crippen LogP contribution in [-0.4, -0.2) is 27.0 Å². The van der Waals surface area contributed by atoms with Gasteiger partial charge in [-0.25, -0.2) is 9.97 Å². The van der Waals surface area contributed by atoms with E-state index in [0.717, 1.165) is 22.5 Å². The summed E-state index contributed by atoms with van der Waals surface area (Å²) in [7, 11) is 0. The van der Waals surface area contributed by atoms with Crippen LogP contribution in [0.4, 0.5) is 5.82 Å². The Morgan fingerprint density at radius 3 is 2.32 bits per heavy atom. The number of pyridine rings is 1. The number of nitriles is 1. The van der Waals surface area contributed by atoms with Crippen LogP contribution in [-0.2, 0) is 10.2 Å². The fraction of sp³-hybridized carbons (Fsp3) is 0.267. The number of nitrogens with zero attached hydrogens (tertiary/aromatic N) is 4. The quantitative estimate of drug-likeness (QED) is 0.338. The molecule has 7 heteroatoms. The lowest BCUT2D eigenvalue weighted by Gasteiger charge is -2.21. The molecule has 37 heavy (non-hydrogen) atoms. The molecule has 2 N–H and O–H groups in total. The van der Waals surface area contributed by atoms with Crippen molar-refractivity contribution in [3.63, 3.8) is 0 Å². The maximum atomic E-state index is 13.3. The number of nitrogens with one attached hydrogen (secondary N) is 2. The molecule has 0 spiro atoms. The molecule has 2 atom stereocenters. The molecule has 2 aromatic carbocycles. The van der Waals surface area contributed by atoms with Gasteiger partial charge in [0.15, 0.2) is 0 Å². The molecule has 2 unspecified atom stereocenters. The molecule has 0 aliphatic heterocycles. The molecule has 0 saturated heterocycles. The van der Waals surface area contributed by atoms with Crippen molar-refractivity contribution >= 4 is 11.7 Å². The molecule has 4 rings (SSSR count). The first-order chi connectivity index (χ1) is 17.7. The standard InChI is InChI=1S/C30H32N6O/c1-21(23-12-10-22(16-31)11-13-23)17-33-28(24-8-6-5-7-9-24)29(37)35-27-15-14-25(18-32-27)36-19-26(34-20-36)30(2,3)4/h5-15,18-21,28,33H,17H2,1-4H3,(H,32,35,37). The van der Waals surface area contributed by atoms with Gasteiger partial charge in [-0.1, -0.05) is 70.2 Å². The summed E-state index contributed by atoms with van der Waals surface area (Å²) in [5.74, 6) is 0.446. The van der Waals surface area contributed by atoms with Gasteiger partial charge in [-0.05, 0) is 41.3 Å². The summed E-state index contributed by atoms with van der Waals surface area (Å²) in [4.78, 5) is 22.3. The Morgan fingerprint density at radius 2 is 1.73 bits per heavy atom. The van der Waals surface area contributed by atoms with Crippen molar-refractivity contribution in [2.45, 2.75) is 45.1 Å². The maximum Gasteiger partial charge on any atom is 0.247 e. The molecule has 2 heterocycles. The molecule has 0 radical (unpaired) electrons. The molecule has 0 fully saturated rings. The first-order valence-electron chi connectivity index (χ1n) is 12.3. The van der Waals surface area contributed by atoms with E-state index in [-0.39, 0.29) is 17.2 Å². The average Bonchev–Trinajstić information content (AvgIpc) is 3.41. The first-order valence-corrected chi connectivity index (χ1v) is 12.3. The van der Waals surface area contributed by atoms with Gasteiger partial charge in [-0.2, -0.15) is 5.26 Å². The second-order valence-corrected chi connectivity index (χ2v) is 10.2. The zero-order chi connectivity index (χ0) is 26.4. The van der Waals surface area contributed by atoms with Crippen molar-refractivity contribution in [2.75, 3.05) is 11.9 Å². The third-order valence-electron chi connectivity index (χ3n) is 6.28. The van der Waals surface area contributed by atoms with Crippen LogP contribution in [0.5, 0.6) is 0 Å². The Balaban J connectivity index is 1.45. The molecule has 2 aromatic heterocycles. The van der Waals surface area contributed by atoms with E-state index in [2.05, 4.69) is 54.4 Å². The highest BCUT2D eigenvalue weighted by molar-refractivity contribution is 5.94. The monoisotopic (exact) mass is 492 g/mol. The third-order valence-corrected chi connectivity index (χ3v) is 6.28. The van der Waals surface area contributed by atoms with E-state index in [1.807, 2.05) is 71.4 Å². The number of benzene rings is 2. The van der Waals surface area contributed by atoms with Crippen LogP contribution in [0, 0.1) is 11.3 Å². The summed E-state index contributed by atoms with van der Waals surface area (Å²) in [6.45, 7) is 9.05. The lowest BCUT2D eigenvalue weighted by atomic mass is 9.93. The molecule has 4 aromatic rings. The Hall–Kier alpha value is -4.28. The summed E-state index contributed by atoms with van der Waals surface area (Å²) in [6, 6.07) is 22.5. The van der Waals surface area contributed by atoms with E-state index >= 15 is 0 Å². The highest BCUT2D eigenvalue weighted by atomic mass is 16.2. The van der Waals surface area contributed by atoms with Crippen molar-refractivity contribution in [3.05, 3.63) is 108 Å². The van der Waals surface area contributed by atoms with Gasteiger partial charge < -0.3 is 15.2 Å². The van der Waals surface area contributed by atoms with E-state index in [1.165, 1.54) is 0 Å². The highest BCUT2D eigenvalue weighted by Crippen LogP contribution is 2.22. The van der Waals surface area contributed by atoms with Crippen molar-refractivity contribution < 1.29 is 4.79 Å². The van der Waals surface area contributed by atoms with E-state index < -0.39 is 6.04 Å². The fourth-order valence-electron chi connectivity index (χ4n) is 3.97. The lowest BCUT2D eigenvalue weighted by molar-refractivity contribution is -0.118. The number of hydrogen-bond donors (Lipinski definition) is 2. The molecule has 0 aliphatic rings. The maximum absolute atomic E-state index is 13.3. The number of carbonyl (C=O) groups is 1. The van der Waals surface area contributed by atoms with Crippen LogP contribution in [0.3, 0.4) is 0 Å². The zero-order valence-corrected chi connectivity index (χ0v) is 21.6. The van der Waals surface area contributed by atoms with Gasteiger partial charge in [0.2, 0.25) is 5.91 Å². The molecular formula is C30H32N6O. The average molecular weight is 493 g/mol. The number of rotatable bonds is 8. The van der Waals surface area contributed by atoms with Crippen molar-refractivity contribution in [1.29, 1.82) is 5.26 Å². The molecule has 188 valence electrons. The number of amides is 1. The molecule has 0 bridgehead atoms. The van der Waals surface area contributed by atoms with Crippen LogP contribution in [0.2, 0.25) is 0 Å². The Labute approximate surface area is 218 Å². The number of aromatic nitrogens is 3. The van der Waals surface area contributed by atoms with Crippen molar-refractivity contribution in [1.82, 2.24) is 19.9 Å². The van der Waals surface area contributed by atoms with Crippen LogP contribution in [0.15, 0.2) is 85.5 Å². The SMILES string of the molecule is CC(CNC(C(=O)Nc1ccc(-n2cnc(C(C)(C)C)c2)cn1)c1ccccc1)c1ccc(C#N)cc1. The van der Waals surface area contributed by atoms with Crippen molar-refractivity contribution in [2.24, 2.45) is 0 Å². The van der Waals surface area contributed by atoms with Crippen LogP contribution < -0.4 is 10.6 Å². The van der Waals surface area contributed by atoms with Crippen LogP contribution >= 0.6 is 0 Å². The molecule has 1 amide bonds. The third kappa shape index (κ3) is 6.49. The fourth-order valence-corrected chi connectivity index (χ4v) is 3.97. The predicted molar refractivity (Wildman–Crippen MR) is 145 cm³/mol. The number of carbonyl (C=O) groups excluding carboxylic acids is 1. The minimum atomic E-state index is -0.550. The first kappa shape index (κ1) is 25.8. The Kier molecular flexibility index (Phi) is 7.80. The predicted octanol–water partition coefficient (Wildman–Crippen LogP) is 5.51.